The van der Waals surface area contributed by atoms with E-state index in [2.05, 4.69) is 5.32 Å². The molecule has 1 saturated carbocycles. The van der Waals surface area contributed by atoms with Gasteiger partial charge in [0.25, 0.3) is 0 Å². The largest absolute Gasteiger partial charge is 0.493 e. The fourth-order valence-electron chi connectivity index (χ4n) is 2.35. The molecule has 3 rings (SSSR count). The Morgan fingerprint density at radius 1 is 1.45 bits per heavy atom. The standard InChI is InChI=1S/C16H21NO3/c1-19-14-7-6-11(12-9-16(18)17-10-12)8-15(14)20-13-4-2-3-5-13/h6-8,12-13H,2-5,9-10H2,1H3,(H,17,18)/i1D3,6D,7D,8D,10D2,13D. The smallest absolute Gasteiger partial charge is 0.220 e. The van der Waals surface area contributed by atoms with Crippen LogP contribution in [0.3, 0.4) is 0 Å². The van der Waals surface area contributed by atoms with Gasteiger partial charge >= 0.3 is 0 Å². The van der Waals surface area contributed by atoms with Crippen LogP contribution in [0, 0.1) is 0 Å². The van der Waals surface area contributed by atoms with Crippen molar-refractivity contribution in [1.29, 1.82) is 0 Å². The average Bonchev–Trinajstić information content (AvgIpc) is 3.11. The van der Waals surface area contributed by atoms with Crippen molar-refractivity contribution in [2.24, 2.45) is 0 Å². The Labute approximate surface area is 132 Å². The first kappa shape index (κ1) is 6.37. The Kier molecular flexibility index (Phi) is 1.83. The molecule has 1 aliphatic heterocycles. The number of carbonyl (C=O) groups is 1. The van der Waals surface area contributed by atoms with Crippen LogP contribution in [-0.4, -0.2) is 25.5 Å². The number of ether oxygens (including phenoxy) is 2. The highest BCUT2D eigenvalue weighted by molar-refractivity contribution is 5.79. The molecule has 108 valence electrons. The van der Waals surface area contributed by atoms with Gasteiger partial charge in [0.1, 0.15) is 0 Å². The molecule has 0 radical (unpaired) electrons. The van der Waals surface area contributed by atoms with Crippen LogP contribution in [0.25, 0.3) is 0 Å². The van der Waals surface area contributed by atoms with E-state index in [1.807, 2.05) is 0 Å². The van der Waals surface area contributed by atoms with E-state index in [9.17, 15) is 4.79 Å². The molecule has 1 heterocycles. The minimum absolute atomic E-state index is 0.257. The van der Waals surface area contributed by atoms with E-state index in [0.717, 1.165) is 0 Å². The van der Waals surface area contributed by atoms with Gasteiger partial charge in [-0.1, -0.05) is 6.04 Å². The number of nitrogens with one attached hydrogen (secondary N) is 1. The normalized spacial score (nSPS) is 34.1. The highest BCUT2D eigenvalue weighted by Gasteiger charge is 2.25. The quantitative estimate of drug-likeness (QED) is 0.924. The summed E-state index contributed by atoms with van der Waals surface area (Å²) in [5, 5.41) is 2.14. The number of amides is 1. The van der Waals surface area contributed by atoms with Crippen molar-refractivity contribution in [3.8, 4) is 11.5 Å². The van der Waals surface area contributed by atoms with Gasteiger partial charge in [-0.15, -0.1) is 0 Å². The van der Waals surface area contributed by atoms with Gasteiger partial charge in [0.15, 0.2) is 11.5 Å². The Morgan fingerprint density at radius 2 is 2.30 bits per heavy atom. The van der Waals surface area contributed by atoms with Gasteiger partial charge < -0.3 is 14.8 Å². The van der Waals surface area contributed by atoms with E-state index in [1.165, 1.54) is 0 Å². The maximum atomic E-state index is 11.7. The molecular formula is C16H21NO3. The third-order valence-electron chi connectivity index (χ3n) is 3.40. The molecule has 0 bridgehead atoms. The highest BCUT2D eigenvalue weighted by Crippen LogP contribution is 2.35. The van der Waals surface area contributed by atoms with Crippen LogP contribution in [0.1, 0.15) is 55.9 Å². The third-order valence-corrected chi connectivity index (χ3v) is 3.40. The van der Waals surface area contributed by atoms with Gasteiger partial charge in [-0.25, -0.2) is 0 Å². The molecule has 2 aliphatic rings. The monoisotopic (exact) mass is 284 g/mol. The minimum atomic E-state index is -2.99. The Hall–Kier alpha value is -1.71. The van der Waals surface area contributed by atoms with Crippen molar-refractivity contribution in [3.63, 3.8) is 0 Å². The summed E-state index contributed by atoms with van der Waals surface area (Å²) in [5.74, 6) is -2.99. The zero-order chi connectivity index (χ0) is 21.8. The first-order chi connectivity index (χ1) is 13.2. The molecule has 1 unspecified atom stereocenters. The Morgan fingerprint density at radius 3 is 3.00 bits per heavy atom. The number of methoxy groups -OCH3 is 1. The fraction of sp³-hybridized carbons (Fsp3) is 0.562. The predicted octanol–water partition coefficient (Wildman–Crippen LogP) is 2.62. The first-order valence-electron chi connectivity index (χ1n) is 11.1. The van der Waals surface area contributed by atoms with Gasteiger partial charge in [-0.2, -0.15) is 0 Å². The van der Waals surface area contributed by atoms with Crippen molar-refractivity contribution in [1.82, 2.24) is 5.32 Å². The molecule has 1 amide bonds. The maximum absolute atomic E-state index is 11.7. The minimum Gasteiger partial charge on any atom is -0.493 e. The van der Waals surface area contributed by atoms with E-state index in [1.54, 1.807) is 0 Å². The second kappa shape index (κ2) is 5.73. The molecule has 0 aromatic heterocycles. The zero-order valence-corrected chi connectivity index (χ0v) is 10.8. The van der Waals surface area contributed by atoms with Crippen LogP contribution in [0.15, 0.2) is 18.1 Å². The number of benzene rings is 1. The Balaban J connectivity index is 2.20. The van der Waals surface area contributed by atoms with Gasteiger partial charge in [-0.3, -0.25) is 4.79 Å². The summed E-state index contributed by atoms with van der Waals surface area (Å²) in [4.78, 5) is 11.7. The highest BCUT2D eigenvalue weighted by atomic mass is 16.5. The van der Waals surface area contributed by atoms with Crippen LogP contribution in [0.4, 0.5) is 0 Å². The van der Waals surface area contributed by atoms with Gasteiger partial charge in [0.2, 0.25) is 5.91 Å². The summed E-state index contributed by atoms with van der Waals surface area (Å²) in [6.45, 7) is -2.26. The Bertz CT molecular complexity index is 834. The summed E-state index contributed by atoms with van der Waals surface area (Å²) in [5.41, 5.74) is -0.257. The fourth-order valence-corrected chi connectivity index (χ4v) is 2.35. The average molecular weight is 284 g/mol. The van der Waals surface area contributed by atoms with Crippen LogP contribution in [0.5, 0.6) is 11.5 Å². The molecule has 2 fully saturated rings. The first-order valence-corrected chi connectivity index (χ1v) is 6.57. The van der Waals surface area contributed by atoms with Crippen molar-refractivity contribution < 1.29 is 26.6 Å². The molecule has 1 N–H and O–H groups in total. The predicted molar refractivity (Wildman–Crippen MR) is 76.2 cm³/mol. The summed E-state index contributed by atoms with van der Waals surface area (Å²) < 4.78 is 81.9. The summed E-state index contributed by atoms with van der Waals surface area (Å²) in [6.07, 6.45) is 0.276. The van der Waals surface area contributed by atoms with Crippen molar-refractivity contribution in [2.75, 3.05) is 13.5 Å². The van der Waals surface area contributed by atoms with Gasteiger partial charge in [0.05, 0.1) is 22.7 Å². The van der Waals surface area contributed by atoms with E-state index >= 15 is 0 Å². The van der Waals surface area contributed by atoms with Crippen molar-refractivity contribution >= 4 is 5.91 Å². The van der Waals surface area contributed by atoms with Crippen LogP contribution in [-0.2, 0) is 4.79 Å². The lowest BCUT2D eigenvalue weighted by atomic mass is 9.98. The van der Waals surface area contributed by atoms with Crippen LogP contribution >= 0.6 is 0 Å². The maximum Gasteiger partial charge on any atom is 0.220 e. The van der Waals surface area contributed by atoms with Gasteiger partial charge in [-0.05, 0) is 43.3 Å². The zero-order valence-electron chi connectivity index (χ0n) is 19.8. The lowest BCUT2D eigenvalue weighted by Crippen LogP contribution is -2.14. The lowest BCUT2D eigenvalue weighted by molar-refractivity contribution is -0.119. The molecule has 4 nitrogen and oxygen atoms in total. The number of hydrogen-bond acceptors (Lipinski definition) is 3. The van der Waals surface area contributed by atoms with E-state index < -0.39 is 61.1 Å². The van der Waals surface area contributed by atoms with E-state index in [0.29, 0.717) is 25.7 Å². The van der Waals surface area contributed by atoms with E-state index in [4.69, 9.17) is 21.8 Å². The second-order valence-electron chi connectivity index (χ2n) is 4.85. The number of rotatable bonds is 4. The number of carbonyl (C=O) groups excluding carboxylic acids is 1. The summed E-state index contributed by atoms with van der Waals surface area (Å²) in [6, 6.07) is -1.86. The molecule has 1 aromatic rings. The molecule has 1 aliphatic carbocycles. The van der Waals surface area contributed by atoms with Gasteiger partial charge in [0, 0.05) is 21.6 Å². The molecule has 20 heavy (non-hydrogen) atoms. The lowest BCUT2D eigenvalue weighted by Gasteiger charge is -2.18. The molecule has 1 saturated heterocycles. The van der Waals surface area contributed by atoms with Crippen LogP contribution in [0.2, 0.25) is 0 Å². The van der Waals surface area contributed by atoms with Crippen LogP contribution < -0.4 is 14.8 Å². The molecular weight excluding hydrogens is 254 g/mol. The van der Waals surface area contributed by atoms with Crippen molar-refractivity contribution in [3.05, 3.63) is 23.7 Å². The SMILES string of the molecule is [2H]c1c([2H])c(C2CC(=O)NC2([2H])[2H])c([2H])c(OC2([2H])CCCC2)c1OC([2H])([2H])[2H]. The topological polar surface area (TPSA) is 47.6 Å². The van der Waals surface area contributed by atoms with Crippen molar-refractivity contribution in [2.45, 2.75) is 44.1 Å². The molecule has 4 heteroatoms. The second-order valence-corrected chi connectivity index (χ2v) is 4.85. The summed E-state index contributed by atoms with van der Waals surface area (Å²) >= 11 is 0. The molecule has 1 atom stereocenters. The van der Waals surface area contributed by atoms with E-state index in [-0.39, 0.29) is 12.0 Å². The number of hydrogen-bond donors (Lipinski definition) is 1. The molecule has 1 aromatic carbocycles. The molecule has 0 spiro atoms. The summed E-state index contributed by atoms with van der Waals surface area (Å²) in [7, 11) is -2.99. The third kappa shape index (κ3) is 2.74.